The Kier molecular flexibility index (Phi) is 7.73. The minimum atomic E-state index is -0.604. The van der Waals surface area contributed by atoms with E-state index in [2.05, 4.69) is 131 Å². The molecule has 0 atom stereocenters. The third-order valence-corrected chi connectivity index (χ3v) is 10.1. The Morgan fingerprint density at radius 2 is 0.925 bits per heavy atom. The molecule has 0 aliphatic heterocycles. The summed E-state index contributed by atoms with van der Waals surface area (Å²) in [5.41, 5.74) is 13.6. The second-order valence-electron chi connectivity index (χ2n) is 13.0. The molecule has 0 fully saturated rings. The number of rotatable bonds is 6. The van der Waals surface area contributed by atoms with Crippen molar-refractivity contribution in [2.45, 2.75) is 5.41 Å². The molecule has 0 radical (unpaired) electrons. The zero-order chi connectivity index (χ0) is 35.8. The summed E-state index contributed by atoms with van der Waals surface area (Å²) < 4.78 is 0. The average Bonchev–Trinajstić information content (AvgIpc) is 3.54. The zero-order valence-electron chi connectivity index (χ0n) is 28.5. The van der Waals surface area contributed by atoms with E-state index >= 15 is 0 Å². The van der Waals surface area contributed by atoms with Crippen molar-refractivity contribution in [3.63, 3.8) is 0 Å². The highest BCUT2D eigenvalue weighted by molar-refractivity contribution is 5.85. The predicted molar refractivity (Wildman–Crippen MR) is 211 cm³/mol. The molecular formula is C48H29N5. The lowest BCUT2D eigenvalue weighted by Crippen LogP contribution is -2.29. The third-order valence-electron chi connectivity index (χ3n) is 10.1. The first-order chi connectivity index (χ1) is 26.1. The van der Waals surface area contributed by atoms with E-state index < -0.39 is 5.41 Å². The summed E-state index contributed by atoms with van der Waals surface area (Å²) in [5, 5.41) is 0. The largest absolute Gasteiger partial charge is 0.248 e. The molecule has 1 aliphatic carbocycles. The molecule has 6 aromatic carbocycles. The van der Waals surface area contributed by atoms with Gasteiger partial charge in [0.05, 0.1) is 35.6 Å². The first-order valence-corrected chi connectivity index (χ1v) is 17.3. The Labute approximate surface area is 308 Å². The molecule has 0 saturated heterocycles. The van der Waals surface area contributed by atoms with Crippen LogP contribution in [0.1, 0.15) is 22.4 Å². The predicted octanol–water partition coefficient (Wildman–Crippen LogP) is 12.0. The van der Waals surface area contributed by atoms with Gasteiger partial charge in [-0.15, -0.1) is 0 Å². The molecular weight excluding hydrogens is 647 g/mol. The molecule has 2 aromatic heterocycles. The lowest BCUT2D eigenvalue weighted by molar-refractivity contribution is 0.736. The second-order valence-corrected chi connectivity index (χ2v) is 13.0. The summed E-state index contributed by atoms with van der Waals surface area (Å²) in [7, 11) is 0. The molecule has 53 heavy (non-hydrogen) atoms. The Hall–Kier alpha value is -7.47. The van der Waals surface area contributed by atoms with Gasteiger partial charge in [0.15, 0.2) is 17.2 Å². The van der Waals surface area contributed by atoms with Crippen LogP contribution in [0.4, 0.5) is 11.4 Å². The molecule has 0 saturated carbocycles. The van der Waals surface area contributed by atoms with Crippen LogP contribution in [0.3, 0.4) is 0 Å². The maximum absolute atomic E-state index is 7.37. The average molecular weight is 676 g/mol. The molecule has 0 bridgehead atoms. The highest BCUT2D eigenvalue weighted by atomic mass is 14.9. The Morgan fingerprint density at radius 1 is 0.434 bits per heavy atom. The van der Waals surface area contributed by atoms with E-state index in [-0.39, 0.29) is 0 Å². The lowest BCUT2D eigenvalue weighted by Gasteiger charge is -2.32. The van der Waals surface area contributed by atoms with Gasteiger partial charge in [0.2, 0.25) is 0 Å². The monoisotopic (exact) mass is 675 g/mol. The van der Waals surface area contributed by atoms with Crippen LogP contribution in [0.5, 0.6) is 0 Å². The van der Waals surface area contributed by atoms with Gasteiger partial charge in [-0.2, -0.15) is 0 Å². The standard InChI is InChI=1S/C48H29N5/c1-49-39-25-21-32(22-26-39)36-29-44(52-45(30-36)34-23-27-40(50-2)28-24-34)33-17-19-35(20-18-33)47-51-31-42-41-15-9-10-16-43(41)48(46(42)53-47,37-11-5-3-6-12-37)38-13-7-4-8-14-38/h3-31H. The SMILES string of the molecule is [C-]#[N+]c1ccc(-c2cc(-c3ccc([N+]#[C-])cc3)nc(-c3ccc(-c4ncc5c(n4)C(c4ccccc4)(c4ccccc4)c4ccccc4-5)cc3)c2)cc1. The van der Waals surface area contributed by atoms with Crippen LogP contribution in [-0.4, -0.2) is 15.0 Å². The lowest BCUT2D eigenvalue weighted by atomic mass is 9.69. The number of nitrogens with zero attached hydrogens (tertiary/aromatic N) is 5. The molecule has 0 spiro atoms. The van der Waals surface area contributed by atoms with Crippen LogP contribution >= 0.6 is 0 Å². The first-order valence-electron chi connectivity index (χ1n) is 17.3. The molecule has 2 heterocycles. The number of aromatic nitrogens is 3. The van der Waals surface area contributed by atoms with Gasteiger partial charge in [0.1, 0.15) is 0 Å². The summed E-state index contributed by atoms with van der Waals surface area (Å²) in [6.07, 6.45) is 1.98. The van der Waals surface area contributed by atoms with Crippen molar-refractivity contribution in [2.75, 3.05) is 0 Å². The highest BCUT2D eigenvalue weighted by Gasteiger charge is 2.47. The quantitative estimate of drug-likeness (QED) is 0.165. The fourth-order valence-electron chi connectivity index (χ4n) is 7.52. The molecule has 0 N–H and O–H groups in total. The van der Waals surface area contributed by atoms with Crippen molar-refractivity contribution >= 4 is 11.4 Å². The van der Waals surface area contributed by atoms with E-state index in [4.69, 9.17) is 28.1 Å². The molecule has 0 amide bonds. The Morgan fingerprint density at radius 3 is 1.49 bits per heavy atom. The third kappa shape index (κ3) is 5.36. The van der Waals surface area contributed by atoms with Gasteiger partial charge in [-0.3, -0.25) is 0 Å². The van der Waals surface area contributed by atoms with E-state index in [1.54, 1.807) is 0 Å². The van der Waals surface area contributed by atoms with Crippen LogP contribution in [0, 0.1) is 13.1 Å². The van der Waals surface area contributed by atoms with Crippen LogP contribution in [0.25, 0.3) is 65.8 Å². The van der Waals surface area contributed by atoms with E-state index in [1.165, 1.54) is 5.56 Å². The molecule has 5 nitrogen and oxygen atoms in total. The van der Waals surface area contributed by atoms with Gasteiger partial charge in [-0.1, -0.05) is 158 Å². The zero-order valence-corrected chi connectivity index (χ0v) is 28.5. The van der Waals surface area contributed by atoms with E-state index in [1.807, 2.05) is 54.7 Å². The summed E-state index contributed by atoms with van der Waals surface area (Å²) >= 11 is 0. The number of hydrogen-bond acceptors (Lipinski definition) is 3. The fourth-order valence-corrected chi connectivity index (χ4v) is 7.52. The molecule has 8 aromatic rings. The van der Waals surface area contributed by atoms with Crippen molar-refractivity contribution in [1.82, 2.24) is 15.0 Å². The fraction of sp³-hybridized carbons (Fsp3) is 0.0208. The van der Waals surface area contributed by atoms with Gasteiger partial charge in [-0.25, -0.2) is 24.6 Å². The van der Waals surface area contributed by atoms with Crippen molar-refractivity contribution in [3.8, 4) is 56.2 Å². The van der Waals surface area contributed by atoms with Crippen LogP contribution < -0.4 is 0 Å². The normalized spacial score (nSPS) is 12.3. The maximum Gasteiger partial charge on any atom is 0.187 e. The maximum atomic E-state index is 7.37. The van der Waals surface area contributed by atoms with E-state index in [0.717, 1.165) is 67.2 Å². The van der Waals surface area contributed by atoms with Crippen molar-refractivity contribution < 1.29 is 0 Å². The van der Waals surface area contributed by atoms with Gasteiger partial charge >= 0.3 is 0 Å². The number of benzene rings is 6. The summed E-state index contributed by atoms with van der Waals surface area (Å²) in [4.78, 5) is 22.6. The minimum absolute atomic E-state index is 0.581. The van der Waals surface area contributed by atoms with Gasteiger partial charge < -0.3 is 0 Å². The number of fused-ring (bicyclic) bond motifs is 3. The first kappa shape index (κ1) is 31.5. The van der Waals surface area contributed by atoms with E-state index in [0.29, 0.717) is 17.2 Å². The topological polar surface area (TPSA) is 47.4 Å². The molecule has 1 aliphatic rings. The highest BCUT2D eigenvalue weighted by Crippen LogP contribution is 2.55. The number of pyridine rings is 1. The summed E-state index contributed by atoms with van der Waals surface area (Å²) in [6, 6.07) is 57.4. The number of hydrogen-bond donors (Lipinski definition) is 0. The molecule has 5 heteroatoms. The van der Waals surface area contributed by atoms with Crippen LogP contribution in [0.15, 0.2) is 176 Å². The van der Waals surface area contributed by atoms with Gasteiger partial charge in [-0.05, 0) is 51.1 Å². The molecule has 246 valence electrons. The van der Waals surface area contributed by atoms with Crippen LogP contribution in [0.2, 0.25) is 0 Å². The second kappa shape index (κ2) is 13.0. The summed E-state index contributed by atoms with van der Waals surface area (Å²) in [6.45, 7) is 14.7. The van der Waals surface area contributed by atoms with Crippen molar-refractivity contribution in [2.24, 2.45) is 0 Å². The minimum Gasteiger partial charge on any atom is -0.248 e. The van der Waals surface area contributed by atoms with E-state index in [9.17, 15) is 0 Å². The Balaban J connectivity index is 1.15. The van der Waals surface area contributed by atoms with Crippen LogP contribution in [-0.2, 0) is 5.41 Å². The van der Waals surface area contributed by atoms with Crippen molar-refractivity contribution in [1.29, 1.82) is 0 Å². The molecule has 9 rings (SSSR count). The van der Waals surface area contributed by atoms with Gasteiger partial charge in [0.25, 0.3) is 0 Å². The Bertz CT molecular complexity index is 2590. The summed E-state index contributed by atoms with van der Waals surface area (Å²) in [5.74, 6) is 0.654. The van der Waals surface area contributed by atoms with Gasteiger partial charge in [0, 0.05) is 22.9 Å². The molecule has 0 unspecified atom stereocenters. The van der Waals surface area contributed by atoms with Crippen molar-refractivity contribution in [3.05, 3.63) is 221 Å². The smallest absolute Gasteiger partial charge is 0.187 e.